The van der Waals surface area contributed by atoms with Crippen LogP contribution in [0, 0.1) is 11.8 Å². The molecule has 1 aliphatic rings. The predicted molar refractivity (Wildman–Crippen MR) is 76.2 cm³/mol. The highest BCUT2D eigenvalue weighted by Gasteiger charge is 2.21. The van der Waals surface area contributed by atoms with Gasteiger partial charge in [0.2, 0.25) is 0 Å². The largest absolute Gasteiger partial charge is 0.508 e. The van der Waals surface area contributed by atoms with E-state index in [0.29, 0.717) is 30.5 Å². The Balaban J connectivity index is 1.81. The van der Waals surface area contributed by atoms with Crippen LogP contribution in [0.2, 0.25) is 0 Å². The van der Waals surface area contributed by atoms with Crippen LogP contribution in [0.25, 0.3) is 0 Å². The summed E-state index contributed by atoms with van der Waals surface area (Å²) < 4.78 is 0. The molecule has 1 aliphatic heterocycles. The summed E-state index contributed by atoms with van der Waals surface area (Å²) >= 11 is 0. The highest BCUT2D eigenvalue weighted by molar-refractivity contribution is 5.81. The van der Waals surface area contributed by atoms with Gasteiger partial charge in [0.25, 0.3) is 0 Å². The number of benzene rings is 1. The molecule has 0 spiro atoms. The maximum Gasteiger partial charge on any atom is 0.137 e. The minimum atomic E-state index is 0.248. The number of nitrogens with one attached hydrogen (secondary N) is 1. The van der Waals surface area contributed by atoms with Gasteiger partial charge in [0.1, 0.15) is 11.5 Å². The van der Waals surface area contributed by atoms with Crippen LogP contribution in [-0.4, -0.2) is 24.0 Å². The van der Waals surface area contributed by atoms with Gasteiger partial charge >= 0.3 is 0 Å². The molecule has 3 nitrogen and oxygen atoms in total. The van der Waals surface area contributed by atoms with Crippen LogP contribution < -0.4 is 5.32 Å². The van der Waals surface area contributed by atoms with Crippen LogP contribution in [0.3, 0.4) is 0 Å². The second-order valence-electron chi connectivity index (χ2n) is 5.67. The van der Waals surface area contributed by atoms with Gasteiger partial charge in [-0.1, -0.05) is 19.1 Å². The number of rotatable bonds is 5. The summed E-state index contributed by atoms with van der Waals surface area (Å²) in [6, 6.07) is 6.91. The summed E-state index contributed by atoms with van der Waals surface area (Å²) in [5.41, 5.74) is 0.983. The number of aromatic hydroxyl groups is 1. The van der Waals surface area contributed by atoms with E-state index in [4.69, 9.17) is 0 Å². The van der Waals surface area contributed by atoms with Crippen LogP contribution in [0.4, 0.5) is 0 Å². The molecule has 1 aromatic carbocycles. The molecule has 0 saturated carbocycles. The Bertz CT molecular complexity index is 407. The molecule has 0 amide bonds. The molecule has 0 radical (unpaired) electrons. The number of carbonyl (C=O) groups excluding carboxylic acids is 1. The van der Waals surface area contributed by atoms with Crippen LogP contribution in [0.5, 0.6) is 5.75 Å². The Morgan fingerprint density at radius 1 is 1.42 bits per heavy atom. The van der Waals surface area contributed by atoms with Gasteiger partial charge in [0, 0.05) is 12.8 Å². The van der Waals surface area contributed by atoms with Gasteiger partial charge in [-0.15, -0.1) is 0 Å². The average Bonchev–Trinajstić information content (AvgIpc) is 2.42. The molecule has 1 aromatic rings. The van der Waals surface area contributed by atoms with E-state index in [0.717, 1.165) is 18.7 Å². The molecular formula is C16H23NO2. The molecule has 0 bridgehead atoms. The van der Waals surface area contributed by atoms with Crippen molar-refractivity contribution in [2.24, 2.45) is 11.8 Å². The van der Waals surface area contributed by atoms with Gasteiger partial charge in [-0.25, -0.2) is 0 Å². The second kappa shape index (κ2) is 6.71. The zero-order valence-corrected chi connectivity index (χ0v) is 11.6. The zero-order valence-electron chi connectivity index (χ0n) is 11.6. The molecule has 1 fully saturated rings. The molecule has 2 N–H and O–H groups in total. The van der Waals surface area contributed by atoms with E-state index >= 15 is 0 Å². The molecule has 1 saturated heterocycles. The van der Waals surface area contributed by atoms with Crippen molar-refractivity contribution in [3.8, 4) is 5.75 Å². The zero-order chi connectivity index (χ0) is 13.7. The van der Waals surface area contributed by atoms with E-state index in [1.165, 1.54) is 12.8 Å². The second-order valence-corrected chi connectivity index (χ2v) is 5.67. The fourth-order valence-corrected chi connectivity index (χ4v) is 2.80. The first-order valence-corrected chi connectivity index (χ1v) is 7.15. The molecule has 0 aromatic heterocycles. The quantitative estimate of drug-likeness (QED) is 0.856. The first kappa shape index (κ1) is 14.1. The fourth-order valence-electron chi connectivity index (χ4n) is 2.80. The van der Waals surface area contributed by atoms with E-state index < -0.39 is 0 Å². The topological polar surface area (TPSA) is 49.3 Å². The molecule has 2 unspecified atom stereocenters. The molecule has 2 atom stereocenters. The first-order chi connectivity index (χ1) is 9.15. The van der Waals surface area contributed by atoms with Crippen LogP contribution in [0.15, 0.2) is 24.3 Å². The lowest BCUT2D eigenvalue weighted by Crippen LogP contribution is -2.34. The molecule has 3 heteroatoms. The Labute approximate surface area is 115 Å². The summed E-state index contributed by atoms with van der Waals surface area (Å²) in [6.45, 7) is 4.35. The summed E-state index contributed by atoms with van der Waals surface area (Å²) in [5.74, 6) is 1.64. The number of phenolic OH excluding ortho intramolecular Hbond substituents is 1. The molecule has 1 heterocycles. The average molecular weight is 261 g/mol. The van der Waals surface area contributed by atoms with Crippen molar-refractivity contribution in [1.82, 2.24) is 5.32 Å². The Morgan fingerprint density at radius 2 is 2.16 bits per heavy atom. The summed E-state index contributed by atoms with van der Waals surface area (Å²) in [4.78, 5) is 12.1. The molecule has 104 valence electrons. The number of phenols is 1. The third kappa shape index (κ3) is 4.35. The normalized spacial score (nSPS) is 21.0. The molecule has 0 aliphatic carbocycles. The van der Waals surface area contributed by atoms with Gasteiger partial charge < -0.3 is 10.4 Å². The minimum Gasteiger partial charge on any atom is -0.508 e. The standard InChI is InChI=1S/C16H23NO2/c1-12(14-3-2-8-17-11-14)9-16(19)10-13-4-6-15(18)7-5-13/h4-7,12,14,17-18H,2-3,8-11H2,1H3. The van der Waals surface area contributed by atoms with Crippen molar-refractivity contribution < 1.29 is 9.90 Å². The van der Waals surface area contributed by atoms with Crippen LogP contribution in [0.1, 0.15) is 31.7 Å². The van der Waals surface area contributed by atoms with Gasteiger partial charge in [-0.05, 0) is 55.5 Å². The maximum atomic E-state index is 12.1. The third-order valence-electron chi connectivity index (χ3n) is 4.03. The van der Waals surface area contributed by atoms with Crippen molar-refractivity contribution in [3.63, 3.8) is 0 Å². The van der Waals surface area contributed by atoms with E-state index in [1.54, 1.807) is 12.1 Å². The molecular weight excluding hydrogens is 238 g/mol. The SMILES string of the molecule is CC(CC(=O)Cc1ccc(O)cc1)C1CCCNC1. The minimum absolute atomic E-state index is 0.248. The number of carbonyl (C=O) groups is 1. The molecule has 19 heavy (non-hydrogen) atoms. The van der Waals surface area contributed by atoms with Crippen molar-refractivity contribution in [2.75, 3.05) is 13.1 Å². The molecule has 2 rings (SSSR count). The van der Waals surface area contributed by atoms with Gasteiger partial charge in [-0.3, -0.25) is 4.79 Å². The smallest absolute Gasteiger partial charge is 0.137 e. The van der Waals surface area contributed by atoms with Crippen LogP contribution >= 0.6 is 0 Å². The van der Waals surface area contributed by atoms with Crippen molar-refractivity contribution in [1.29, 1.82) is 0 Å². The monoisotopic (exact) mass is 261 g/mol. The Hall–Kier alpha value is -1.35. The van der Waals surface area contributed by atoms with Gasteiger partial charge in [-0.2, -0.15) is 0 Å². The highest BCUT2D eigenvalue weighted by atomic mass is 16.3. The lowest BCUT2D eigenvalue weighted by atomic mass is 9.84. The van der Waals surface area contributed by atoms with Gasteiger partial charge in [0.15, 0.2) is 0 Å². The maximum absolute atomic E-state index is 12.1. The van der Waals surface area contributed by atoms with Crippen molar-refractivity contribution in [2.45, 2.75) is 32.6 Å². The van der Waals surface area contributed by atoms with E-state index in [2.05, 4.69) is 12.2 Å². The van der Waals surface area contributed by atoms with E-state index in [-0.39, 0.29) is 5.75 Å². The lowest BCUT2D eigenvalue weighted by molar-refractivity contribution is -0.119. The number of Topliss-reactive ketones (excluding diaryl/α,β-unsaturated/α-hetero) is 1. The van der Waals surface area contributed by atoms with Crippen molar-refractivity contribution >= 4 is 5.78 Å². The third-order valence-corrected chi connectivity index (χ3v) is 4.03. The summed E-state index contributed by atoms with van der Waals surface area (Å²) in [7, 11) is 0. The fraction of sp³-hybridized carbons (Fsp3) is 0.562. The number of hydrogen-bond donors (Lipinski definition) is 2. The Morgan fingerprint density at radius 3 is 2.79 bits per heavy atom. The van der Waals surface area contributed by atoms with E-state index in [1.807, 2.05) is 12.1 Å². The summed E-state index contributed by atoms with van der Waals surface area (Å²) in [5, 5.41) is 12.6. The highest BCUT2D eigenvalue weighted by Crippen LogP contribution is 2.23. The lowest BCUT2D eigenvalue weighted by Gasteiger charge is -2.28. The Kier molecular flexibility index (Phi) is 4.97. The summed E-state index contributed by atoms with van der Waals surface area (Å²) in [6.07, 6.45) is 3.60. The predicted octanol–water partition coefficient (Wildman–Crippen LogP) is 2.53. The number of piperidine rings is 1. The van der Waals surface area contributed by atoms with Crippen LogP contribution in [-0.2, 0) is 11.2 Å². The first-order valence-electron chi connectivity index (χ1n) is 7.15. The van der Waals surface area contributed by atoms with Crippen molar-refractivity contribution in [3.05, 3.63) is 29.8 Å². The van der Waals surface area contributed by atoms with E-state index in [9.17, 15) is 9.90 Å². The van der Waals surface area contributed by atoms with Gasteiger partial charge in [0.05, 0.1) is 0 Å². The number of hydrogen-bond acceptors (Lipinski definition) is 3. The number of ketones is 1.